The molecule has 8 heteroatoms. The van der Waals surface area contributed by atoms with Crippen LogP contribution in [0.3, 0.4) is 0 Å². The lowest BCUT2D eigenvalue weighted by Crippen LogP contribution is -2.26. The second kappa shape index (κ2) is 6.53. The van der Waals surface area contributed by atoms with E-state index in [1.165, 1.54) is 22.7 Å². The van der Waals surface area contributed by atoms with Crippen LogP contribution in [0.25, 0.3) is 0 Å². The smallest absolute Gasteiger partial charge is 0.241 e. The zero-order valence-electron chi connectivity index (χ0n) is 12.4. The van der Waals surface area contributed by atoms with Gasteiger partial charge in [0, 0.05) is 21.7 Å². The Kier molecular flexibility index (Phi) is 5.15. The van der Waals surface area contributed by atoms with E-state index >= 15 is 0 Å². The summed E-state index contributed by atoms with van der Waals surface area (Å²) in [4.78, 5) is 6.62. The van der Waals surface area contributed by atoms with Crippen molar-refractivity contribution < 1.29 is 8.42 Å². The molecule has 0 saturated heterocycles. The van der Waals surface area contributed by atoms with Crippen molar-refractivity contribution in [3.63, 3.8) is 0 Å². The number of hydrogen-bond acceptors (Lipinski definition) is 6. The zero-order valence-corrected chi connectivity index (χ0v) is 14.9. The molecule has 0 radical (unpaired) electrons. The van der Waals surface area contributed by atoms with E-state index in [0.29, 0.717) is 11.4 Å². The average molecular weight is 346 g/mol. The van der Waals surface area contributed by atoms with Crippen molar-refractivity contribution in [2.24, 2.45) is 0 Å². The number of sulfonamides is 1. The van der Waals surface area contributed by atoms with E-state index in [9.17, 15) is 8.42 Å². The van der Waals surface area contributed by atoms with Gasteiger partial charge in [-0.05, 0) is 33.9 Å². The van der Waals surface area contributed by atoms with Crippen LogP contribution in [-0.2, 0) is 16.6 Å². The molecule has 0 aliphatic carbocycles. The Morgan fingerprint density at radius 3 is 2.67 bits per heavy atom. The van der Waals surface area contributed by atoms with Crippen molar-refractivity contribution in [1.29, 1.82) is 0 Å². The van der Waals surface area contributed by atoms with Gasteiger partial charge in [-0.2, -0.15) is 0 Å². The predicted molar refractivity (Wildman–Crippen MR) is 87.4 cm³/mol. The summed E-state index contributed by atoms with van der Waals surface area (Å²) in [6.45, 7) is 6.34. The number of aromatic nitrogens is 1. The first kappa shape index (κ1) is 16.6. The van der Waals surface area contributed by atoms with E-state index in [-0.39, 0.29) is 6.04 Å². The van der Waals surface area contributed by atoms with Crippen molar-refractivity contribution in [3.8, 4) is 0 Å². The van der Waals surface area contributed by atoms with Gasteiger partial charge in [0.05, 0.1) is 21.6 Å². The minimum Gasteiger partial charge on any atom is -0.315 e. The van der Waals surface area contributed by atoms with Gasteiger partial charge in [-0.3, -0.25) is 0 Å². The molecule has 2 aromatic heterocycles. The molecule has 2 rings (SSSR count). The summed E-state index contributed by atoms with van der Waals surface area (Å²) in [6, 6.07) is 1.43. The average Bonchev–Trinajstić information content (AvgIpc) is 2.96. The first-order valence-corrected chi connectivity index (χ1v) is 9.69. The highest BCUT2D eigenvalue weighted by atomic mass is 32.2. The van der Waals surface area contributed by atoms with E-state index in [4.69, 9.17) is 0 Å². The number of hydrogen-bond donors (Lipinski definition) is 2. The zero-order chi connectivity index (χ0) is 15.6. The topological polar surface area (TPSA) is 71.1 Å². The molecular formula is C13H19N3O2S3. The summed E-state index contributed by atoms with van der Waals surface area (Å²) in [5, 5.41) is 5.63. The fourth-order valence-electron chi connectivity index (χ4n) is 2.07. The molecule has 2 heterocycles. The molecule has 0 aliphatic heterocycles. The maximum absolute atomic E-state index is 12.4. The molecule has 116 valence electrons. The maximum atomic E-state index is 12.4. The first-order chi connectivity index (χ1) is 9.83. The number of aryl methyl sites for hydroxylation is 2. The Morgan fingerprint density at radius 2 is 2.10 bits per heavy atom. The van der Waals surface area contributed by atoms with Gasteiger partial charge < -0.3 is 5.32 Å². The molecule has 1 atom stereocenters. The van der Waals surface area contributed by atoms with Gasteiger partial charge in [0.15, 0.2) is 0 Å². The fraction of sp³-hybridized carbons (Fsp3) is 0.462. The van der Waals surface area contributed by atoms with Gasteiger partial charge in [0.2, 0.25) is 10.0 Å². The number of nitrogens with one attached hydrogen (secondary N) is 2. The van der Waals surface area contributed by atoms with Crippen molar-refractivity contribution in [3.05, 3.63) is 31.9 Å². The van der Waals surface area contributed by atoms with Crippen LogP contribution < -0.4 is 10.0 Å². The number of thiazole rings is 1. The maximum Gasteiger partial charge on any atom is 0.241 e. The third kappa shape index (κ3) is 3.89. The normalized spacial score (nSPS) is 13.5. The summed E-state index contributed by atoms with van der Waals surface area (Å²) < 4.78 is 27.5. The Morgan fingerprint density at radius 1 is 1.38 bits per heavy atom. The van der Waals surface area contributed by atoms with E-state index in [0.717, 1.165) is 20.5 Å². The van der Waals surface area contributed by atoms with E-state index in [2.05, 4.69) is 15.0 Å². The Balaban J connectivity index is 2.18. The van der Waals surface area contributed by atoms with Crippen LogP contribution in [-0.4, -0.2) is 20.4 Å². The molecule has 0 aromatic carbocycles. The lowest BCUT2D eigenvalue weighted by atomic mass is 10.2. The molecule has 2 aromatic rings. The summed E-state index contributed by atoms with van der Waals surface area (Å²) in [5.74, 6) is 0. The minimum atomic E-state index is -3.50. The fourth-order valence-corrected chi connectivity index (χ4v) is 5.58. The van der Waals surface area contributed by atoms with Crippen LogP contribution in [0.2, 0.25) is 0 Å². The molecule has 0 spiro atoms. The standard InChI is InChI=1S/C13H19N3O2S3/c1-8-13(20-10(3)15-8)9(2)16-21(17,18)12-5-11(6-14-4)19-7-12/h5,7,9,14,16H,6H2,1-4H3. The third-order valence-electron chi connectivity index (χ3n) is 2.96. The highest BCUT2D eigenvalue weighted by molar-refractivity contribution is 7.89. The summed E-state index contributed by atoms with van der Waals surface area (Å²) >= 11 is 2.97. The van der Waals surface area contributed by atoms with Crippen LogP contribution >= 0.6 is 22.7 Å². The van der Waals surface area contributed by atoms with Crippen LogP contribution in [0, 0.1) is 13.8 Å². The van der Waals surface area contributed by atoms with Crippen molar-refractivity contribution in [2.45, 2.75) is 38.3 Å². The van der Waals surface area contributed by atoms with E-state index in [1.807, 2.05) is 27.8 Å². The molecule has 1 unspecified atom stereocenters. The summed E-state index contributed by atoms with van der Waals surface area (Å²) in [7, 11) is -1.66. The van der Waals surface area contributed by atoms with Crippen molar-refractivity contribution >= 4 is 32.7 Å². The van der Waals surface area contributed by atoms with Gasteiger partial charge in [0.1, 0.15) is 0 Å². The molecular weight excluding hydrogens is 326 g/mol. The van der Waals surface area contributed by atoms with Crippen LogP contribution in [0.4, 0.5) is 0 Å². The van der Waals surface area contributed by atoms with Crippen LogP contribution in [0.1, 0.15) is 33.4 Å². The number of rotatable bonds is 6. The molecule has 0 fully saturated rings. The molecule has 0 amide bonds. The minimum absolute atomic E-state index is 0.283. The second-order valence-corrected chi connectivity index (χ2v) is 8.75. The molecule has 5 nitrogen and oxygen atoms in total. The van der Waals surface area contributed by atoms with Gasteiger partial charge >= 0.3 is 0 Å². The van der Waals surface area contributed by atoms with Crippen LogP contribution in [0.5, 0.6) is 0 Å². The van der Waals surface area contributed by atoms with E-state index < -0.39 is 10.0 Å². The van der Waals surface area contributed by atoms with Crippen molar-refractivity contribution in [2.75, 3.05) is 7.05 Å². The third-order valence-corrected chi connectivity index (χ3v) is 6.82. The van der Waals surface area contributed by atoms with Gasteiger partial charge in [-0.15, -0.1) is 22.7 Å². The molecule has 0 saturated carbocycles. The van der Waals surface area contributed by atoms with Crippen LogP contribution in [0.15, 0.2) is 16.3 Å². The molecule has 21 heavy (non-hydrogen) atoms. The van der Waals surface area contributed by atoms with Gasteiger partial charge in [0.25, 0.3) is 0 Å². The first-order valence-electron chi connectivity index (χ1n) is 6.51. The van der Waals surface area contributed by atoms with Crippen molar-refractivity contribution in [1.82, 2.24) is 15.0 Å². The lowest BCUT2D eigenvalue weighted by molar-refractivity contribution is 0.568. The molecule has 0 bridgehead atoms. The number of thiophene rings is 1. The highest BCUT2D eigenvalue weighted by Gasteiger charge is 2.22. The summed E-state index contributed by atoms with van der Waals surface area (Å²) in [6.07, 6.45) is 0. The van der Waals surface area contributed by atoms with Gasteiger partial charge in [-0.25, -0.2) is 18.1 Å². The quantitative estimate of drug-likeness (QED) is 0.844. The monoisotopic (exact) mass is 345 g/mol. The highest BCUT2D eigenvalue weighted by Crippen LogP contribution is 2.27. The van der Waals surface area contributed by atoms with Gasteiger partial charge in [-0.1, -0.05) is 0 Å². The second-order valence-electron chi connectivity index (χ2n) is 4.80. The lowest BCUT2D eigenvalue weighted by Gasteiger charge is -2.12. The Bertz CT molecular complexity index is 719. The van der Waals surface area contributed by atoms with E-state index in [1.54, 1.807) is 11.4 Å². The summed E-state index contributed by atoms with van der Waals surface area (Å²) in [5.41, 5.74) is 0.883. The SMILES string of the molecule is CNCc1cc(S(=O)(=O)NC(C)c2sc(C)nc2C)cs1. The Hall–Kier alpha value is -0.800. The largest absolute Gasteiger partial charge is 0.315 e. The molecule has 2 N–H and O–H groups in total. The molecule has 0 aliphatic rings. The predicted octanol–water partition coefficient (Wildman–Crippen LogP) is 2.58. The Labute approximate surface area is 133 Å². The number of nitrogens with zero attached hydrogens (tertiary/aromatic N) is 1.